The Hall–Kier alpha value is -3.63. The van der Waals surface area contributed by atoms with Gasteiger partial charge >= 0.3 is 5.97 Å². The molecule has 1 aromatic carbocycles. The topological polar surface area (TPSA) is 134 Å². The molecule has 2 aromatic heterocycles. The maximum Gasteiger partial charge on any atom is 0.340 e. The van der Waals surface area contributed by atoms with E-state index in [1.165, 1.54) is 6.07 Å². The Labute approximate surface area is 243 Å². The van der Waals surface area contributed by atoms with Gasteiger partial charge in [0.15, 0.2) is 6.10 Å². The average Bonchev–Trinajstić information content (AvgIpc) is 3.31. The van der Waals surface area contributed by atoms with Crippen molar-refractivity contribution in [3.05, 3.63) is 61.7 Å². The number of benzene rings is 1. The van der Waals surface area contributed by atoms with Crippen LogP contribution in [0.5, 0.6) is 0 Å². The summed E-state index contributed by atoms with van der Waals surface area (Å²) in [5, 5.41) is 11.2. The number of aliphatic hydroxyl groups is 1. The van der Waals surface area contributed by atoms with Crippen LogP contribution in [0.25, 0.3) is 22.3 Å². The van der Waals surface area contributed by atoms with Crippen molar-refractivity contribution < 1.29 is 28.6 Å². The third-order valence-corrected chi connectivity index (χ3v) is 8.50. The van der Waals surface area contributed by atoms with Gasteiger partial charge in [-0.25, -0.2) is 14.2 Å². The minimum absolute atomic E-state index is 0.0683. The summed E-state index contributed by atoms with van der Waals surface area (Å²) in [5.74, 6) is -1.15. The van der Waals surface area contributed by atoms with Crippen molar-refractivity contribution >= 4 is 22.8 Å². The smallest absolute Gasteiger partial charge is 0.340 e. The number of carbonyl (C=O) groups is 2. The Kier molecular flexibility index (Phi) is 8.22. The SMILES string of the molecule is CC.CC(C)OC1CC(C(N)=O)C1.Cc1c(F)cc2nc3c(c4c2c1CCC4)Cn1c-3cc2c(c1=O)COC(=O)C2O. The molecule has 1 fully saturated rings. The largest absolute Gasteiger partial charge is 0.458 e. The third kappa shape index (κ3) is 5.00. The number of fused-ring (bicyclic) bond motifs is 5. The number of pyridine rings is 2. The molecule has 9 nitrogen and oxygen atoms in total. The molecule has 4 heterocycles. The molecule has 1 amide bonds. The second-order valence-corrected chi connectivity index (χ2v) is 11.4. The zero-order chi connectivity index (χ0) is 30.5. The van der Waals surface area contributed by atoms with Crippen molar-refractivity contribution in [3.8, 4) is 11.4 Å². The lowest BCUT2D eigenvalue weighted by atomic mass is 9.82. The highest BCUT2D eigenvalue weighted by Gasteiger charge is 2.36. The van der Waals surface area contributed by atoms with E-state index in [2.05, 4.69) is 0 Å². The molecule has 3 aromatic rings. The first kappa shape index (κ1) is 29.8. The van der Waals surface area contributed by atoms with Crippen LogP contribution in [0.1, 0.15) is 86.4 Å². The third-order valence-electron chi connectivity index (χ3n) is 8.50. The summed E-state index contributed by atoms with van der Waals surface area (Å²) in [7, 11) is 0. The summed E-state index contributed by atoms with van der Waals surface area (Å²) >= 11 is 0. The van der Waals surface area contributed by atoms with Crippen molar-refractivity contribution in [1.29, 1.82) is 0 Å². The molecular weight excluding hydrogens is 541 g/mol. The highest BCUT2D eigenvalue weighted by Crippen LogP contribution is 2.42. The lowest BCUT2D eigenvalue weighted by Gasteiger charge is -2.34. The number of esters is 1. The van der Waals surface area contributed by atoms with E-state index in [1.54, 1.807) is 17.6 Å². The summed E-state index contributed by atoms with van der Waals surface area (Å²) in [6.45, 7) is 10.0. The van der Waals surface area contributed by atoms with Gasteiger partial charge in [-0.3, -0.25) is 9.59 Å². The zero-order valence-corrected chi connectivity index (χ0v) is 24.8. The summed E-state index contributed by atoms with van der Waals surface area (Å²) in [4.78, 5) is 40.2. The Balaban J connectivity index is 0.000000230. The molecule has 0 spiro atoms. The lowest BCUT2D eigenvalue weighted by Crippen LogP contribution is -2.40. The zero-order valence-electron chi connectivity index (χ0n) is 24.8. The number of cyclic esters (lactones) is 1. The first-order chi connectivity index (χ1) is 20.0. The number of nitrogens with zero attached hydrogens (tertiary/aromatic N) is 2. The Bertz CT molecular complexity index is 1640. The number of aromatic nitrogens is 2. The molecule has 7 rings (SSSR count). The van der Waals surface area contributed by atoms with E-state index < -0.39 is 12.1 Å². The number of nitrogens with two attached hydrogens (primary N) is 1. The summed E-state index contributed by atoms with van der Waals surface area (Å²) < 4.78 is 26.5. The summed E-state index contributed by atoms with van der Waals surface area (Å²) in [5.41, 5.74) is 11.0. The van der Waals surface area contributed by atoms with Crippen molar-refractivity contribution in [1.82, 2.24) is 9.55 Å². The van der Waals surface area contributed by atoms with Crippen LogP contribution in [0, 0.1) is 18.7 Å². The fraction of sp³-hybridized carbons (Fsp3) is 0.500. The van der Waals surface area contributed by atoms with Crippen LogP contribution in [0.3, 0.4) is 0 Å². The molecule has 2 aliphatic heterocycles. The number of ether oxygens (including phenoxy) is 2. The van der Waals surface area contributed by atoms with Gasteiger partial charge in [-0.1, -0.05) is 13.8 Å². The van der Waals surface area contributed by atoms with Gasteiger partial charge < -0.3 is 24.9 Å². The van der Waals surface area contributed by atoms with E-state index in [0.717, 1.165) is 54.2 Å². The normalized spacial score (nSPS) is 21.1. The van der Waals surface area contributed by atoms with Crippen molar-refractivity contribution in [2.24, 2.45) is 11.7 Å². The first-order valence-electron chi connectivity index (χ1n) is 14.7. The van der Waals surface area contributed by atoms with Gasteiger partial charge in [-0.2, -0.15) is 0 Å². The van der Waals surface area contributed by atoms with E-state index >= 15 is 0 Å². The number of rotatable bonds is 3. The van der Waals surface area contributed by atoms with E-state index in [4.69, 9.17) is 20.2 Å². The van der Waals surface area contributed by atoms with E-state index in [9.17, 15) is 23.9 Å². The average molecular weight is 580 g/mol. The maximum absolute atomic E-state index is 14.5. The molecule has 42 heavy (non-hydrogen) atoms. The van der Waals surface area contributed by atoms with Gasteiger partial charge in [-0.05, 0) is 75.6 Å². The van der Waals surface area contributed by atoms with Crippen LogP contribution in [0.4, 0.5) is 4.39 Å². The van der Waals surface area contributed by atoms with Gasteiger partial charge in [0.25, 0.3) is 5.56 Å². The molecule has 2 aliphatic carbocycles. The number of hydrogen-bond acceptors (Lipinski definition) is 7. The monoisotopic (exact) mass is 579 g/mol. The number of amides is 1. The van der Waals surface area contributed by atoms with Crippen LogP contribution >= 0.6 is 0 Å². The van der Waals surface area contributed by atoms with E-state index in [-0.39, 0.29) is 47.6 Å². The molecule has 1 unspecified atom stereocenters. The molecule has 1 atom stereocenters. The van der Waals surface area contributed by atoms with Gasteiger partial charge in [0, 0.05) is 28.5 Å². The summed E-state index contributed by atoms with van der Waals surface area (Å²) in [6.07, 6.45) is 3.27. The number of aryl methyl sites for hydroxylation is 2. The molecule has 0 saturated heterocycles. The first-order valence-corrected chi connectivity index (χ1v) is 14.7. The number of aliphatic hydroxyl groups excluding tert-OH is 1. The van der Waals surface area contributed by atoms with Gasteiger partial charge in [0.05, 0.1) is 41.2 Å². The molecule has 1 saturated carbocycles. The molecule has 10 heteroatoms. The van der Waals surface area contributed by atoms with Crippen molar-refractivity contribution in [2.45, 2.75) is 98.2 Å². The molecule has 0 bridgehead atoms. The molecule has 0 radical (unpaired) electrons. The number of primary amides is 1. The maximum atomic E-state index is 14.5. The highest BCUT2D eigenvalue weighted by molar-refractivity contribution is 5.92. The predicted octanol–water partition coefficient (Wildman–Crippen LogP) is 4.15. The van der Waals surface area contributed by atoms with Gasteiger partial charge in [0.1, 0.15) is 12.4 Å². The molecule has 4 aliphatic rings. The molecule has 224 valence electrons. The standard InChI is InChI=1S/C22H17FN2O4.C8H15NO2.C2H6/c1-9-10-3-2-4-11-13-7-25-17(19(13)24-16(18(10)11)6-15(9)23)5-12-14(21(25)27)8-29-22(28)20(12)26;1-5(2)11-7-3-6(4-7)8(9)10;1-2/h5-6,20,26H,2-4,7-8H2,1H3;5-7H,3-4H2,1-2H3,(H2,9,10);1-2H3. The number of carbonyl (C=O) groups excluding carboxylic acids is 2. The van der Waals surface area contributed by atoms with Crippen molar-refractivity contribution in [3.63, 3.8) is 0 Å². The Morgan fingerprint density at radius 1 is 1.14 bits per heavy atom. The summed E-state index contributed by atoms with van der Waals surface area (Å²) in [6, 6.07) is 3.13. The van der Waals surface area contributed by atoms with Crippen LogP contribution in [-0.4, -0.2) is 38.7 Å². The van der Waals surface area contributed by atoms with Gasteiger partial charge in [-0.15, -0.1) is 0 Å². The Morgan fingerprint density at radius 2 is 1.83 bits per heavy atom. The minimum atomic E-state index is -1.48. The van der Waals surface area contributed by atoms with Crippen LogP contribution in [0.2, 0.25) is 0 Å². The second-order valence-electron chi connectivity index (χ2n) is 11.4. The van der Waals surface area contributed by atoms with Crippen molar-refractivity contribution in [2.75, 3.05) is 0 Å². The Morgan fingerprint density at radius 3 is 2.50 bits per heavy atom. The second kappa shape index (κ2) is 11.6. The predicted molar refractivity (Wildman–Crippen MR) is 155 cm³/mol. The fourth-order valence-electron chi connectivity index (χ4n) is 6.36. The van der Waals surface area contributed by atoms with E-state index in [0.29, 0.717) is 34.6 Å². The fourth-order valence-corrected chi connectivity index (χ4v) is 6.36. The highest BCUT2D eigenvalue weighted by atomic mass is 19.1. The molecular formula is C32H38FN3O6. The number of hydrogen-bond donors (Lipinski definition) is 2. The molecule has 3 N–H and O–H groups in total. The van der Waals surface area contributed by atoms with Crippen LogP contribution in [0.15, 0.2) is 16.9 Å². The quantitative estimate of drug-likeness (QED) is 0.348. The minimum Gasteiger partial charge on any atom is -0.458 e. The van der Waals surface area contributed by atoms with Crippen LogP contribution < -0.4 is 11.3 Å². The lowest BCUT2D eigenvalue weighted by molar-refractivity contribution is -0.157. The van der Waals surface area contributed by atoms with Crippen LogP contribution in [-0.2, 0) is 45.1 Å². The number of halogens is 1. The van der Waals surface area contributed by atoms with E-state index in [1.807, 2.05) is 27.7 Å². The van der Waals surface area contributed by atoms with Gasteiger partial charge in [0.2, 0.25) is 5.91 Å².